The smallest absolute Gasteiger partial charge is 0.0994 e. The van der Waals surface area contributed by atoms with Gasteiger partial charge in [0.2, 0.25) is 0 Å². The molecule has 1 aliphatic heterocycles. The van der Waals surface area contributed by atoms with Gasteiger partial charge in [0.25, 0.3) is 0 Å². The average molecular weight is 233 g/mol. The molecule has 0 radical (unpaired) electrons. The van der Waals surface area contributed by atoms with Crippen LogP contribution >= 0.6 is 0 Å². The summed E-state index contributed by atoms with van der Waals surface area (Å²) in [5.41, 5.74) is 0.282. The minimum Gasteiger partial charge on any atom is -0.384 e. The predicted octanol–water partition coefficient (Wildman–Crippen LogP) is 2.63. The minimum absolute atomic E-state index is 0.732. The van der Waals surface area contributed by atoms with Gasteiger partial charge in [-0.2, -0.15) is 0 Å². The van der Waals surface area contributed by atoms with Gasteiger partial charge in [0.05, 0.1) is 5.60 Å². The molecule has 1 fully saturated rings. The Morgan fingerprint density at radius 2 is 2.06 bits per heavy atom. The van der Waals surface area contributed by atoms with Gasteiger partial charge in [-0.3, -0.25) is 4.90 Å². The quantitative estimate of drug-likeness (QED) is 0.864. The number of aliphatic hydroxyl groups is 1. The number of rotatable bonds is 4. The zero-order chi connectivity index (χ0) is 12.3. The van der Waals surface area contributed by atoms with Gasteiger partial charge in [0.15, 0.2) is 0 Å². The van der Waals surface area contributed by atoms with E-state index in [1.165, 1.54) is 12.8 Å². The van der Waals surface area contributed by atoms with Gasteiger partial charge < -0.3 is 5.11 Å². The van der Waals surface area contributed by atoms with Crippen molar-refractivity contribution >= 4 is 0 Å². The molecule has 0 amide bonds. The van der Waals surface area contributed by atoms with E-state index in [0.717, 1.165) is 31.1 Å². The fraction of sp³-hybridized carbons (Fsp3) is 0.600. The third kappa shape index (κ3) is 3.08. The maximum atomic E-state index is 10.6. The standard InChI is InChI=1S/C15H23NO/c1-3-13-9-10-16(11-13)12-15(2,17)14-7-5-4-6-8-14/h4-8,13,17H,3,9-12H2,1-2H3. The summed E-state index contributed by atoms with van der Waals surface area (Å²) in [6.07, 6.45) is 2.53. The molecule has 0 saturated carbocycles. The highest BCUT2D eigenvalue weighted by Crippen LogP contribution is 2.26. The highest BCUT2D eigenvalue weighted by Gasteiger charge is 2.29. The maximum absolute atomic E-state index is 10.6. The van der Waals surface area contributed by atoms with E-state index in [9.17, 15) is 5.11 Å². The zero-order valence-electron chi connectivity index (χ0n) is 10.9. The van der Waals surface area contributed by atoms with Gasteiger partial charge in [-0.05, 0) is 31.4 Å². The summed E-state index contributed by atoms with van der Waals surface area (Å²) in [7, 11) is 0. The van der Waals surface area contributed by atoms with E-state index in [1.54, 1.807) is 0 Å². The van der Waals surface area contributed by atoms with Gasteiger partial charge in [-0.1, -0.05) is 43.7 Å². The summed E-state index contributed by atoms with van der Waals surface area (Å²) in [6, 6.07) is 9.98. The van der Waals surface area contributed by atoms with E-state index in [4.69, 9.17) is 0 Å². The third-order valence-electron chi connectivity index (χ3n) is 3.87. The van der Waals surface area contributed by atoms with Crippen LogP contribution in [0.2, 0.25) is 0 Å². The van der Waals surface area contributed by atoms with E-state index >= 15 is 0 Å². The topological polar surface area (TPSA) is 23.5 Å². The molecule has 1 heterocycles. The van der Waals surface area contributed by atoms with Crippen LogP contribution in [0.3, 0.4) is 0 Å². The molecule has 94 valence electrons. The van der Waals surface area contributed by atoms with Crippen molar-refractivity contribution in [3.05, 3.63) is 35.9 Å². The SMILES string of the molecule is CCC1CCN(CC(C)(O)c2ccccc2)C1. The van der Waals surface area contributed by atoms with Crippen molar-refractivity contribution in [2.45, 2.75) is 32.3 Å². The summed E-state index contributed by atoms with van der Waals surface area (Å²) in [5, 5.41) is 10.6. The maximum Gasteiger partial charge on any atom is 0.0994 e. The first kappa shape index (κ1) is 12.6. The van der Waals surface area contributed by atoms with Crippen LogP contribution in [-0.2, 0) is 5.60 Å². The van der Waals surface area contributed by atoms with Gasteiger partial charge in [0.1, 0.15) is 0 Å². The highest BCUT2D eigenvalue weighted by atomic mass is 16.3. The number of hydrogen-bond donors (Lipinski definition) is 1. The monoisotopic (exact) mass is 233 g/mol. The molecule has 2 rings (SSSR count). The summed E-state index contributed by atoms with van der Waals surface area (Å²) in [6.45, 7) is 7.18. The van der Waals surface area contributed by atoms with Crippen LogP contribution in [-0.4, -0.2) is 29.6 Å². The Bertz CT molecular complexity index is 347. The van der Waals surface area contributed by atoms with Crippen molar-refractivity contribution in [3.8, 4) is 0 Å². The van der Waals surface area contributed by atoms with Gasteiger partial charge in [-0.15, -0.1) is 0 Å². The van der Waals surface area contributed by atoms with Crippen LogP contribution in [0.1, 0.15) is 32.3 Å². The molecule has 0 spiro atoms. The molecule has 0 aromatic heterocycles. The first-order valence-corrected chi connectivity index (χ1v) is 6.62. The second kappa shape index (κ2) is 5.19. The molecule has 1 N–H and O–H groups in total. The second-order valence-corrected chi connectivity index (χ2v) is 5.44. The second-order valence-electron chi connectivity index (χ2n) is 5.44. The molecule has 1 aromatic carbocycles. The van der Waals surface area contributed by atoms with Crippen LogP contribution in [0.25, 0.3) is 0 Å². The number of hydrogen-bond acceptors (Lipinski definition) is 2. The van der Waals surface area contributed by atoms with Crippen molar-refractivity contribution in [1.29, 1.82) is 0 Å². The number of nitrogens with zero attached hydrogens (tertiary/aromatic N) is 1. The first-order valence-electron chi connectivity index (χ1n) is 6.62. The summed E-state index contributed by atoms with van der Waals surface area (Å²) in [5.74, 6) is 0.821. The molecule has 1 aromatic rings. The Labute approximate surface area is 104 Å². The lowest BCUT2D eigenvalue weighted by Crippen LogP contribution is -2.37. The predicted molar refractivity (Wildman–Crippen MR) is 70.9 cm³/mol. The van der Waals surface area contributed by atoms with E-state index in [1.807, 2.05) is 37.3 Å². The van der Waals surface area contributed by atoms with E-state index in [2.05, 4.69) is 11.8 Å². The molecule has 1 saturated heterocycles. The molecule has 2 unspecified atom stereocenters. The fourth-order valence-electron chi connectivity index (χ4n) is 2.71. The third-order valence-corrected chi connectivity index (χ3v) is 3.87. The Balaban J connectivity index is 1.98. The van der Waals surface area contributed by atoms with Gasteiger partial charge >= 0.3 is 0 Å². The average Bonchev–Trinajstić information content (AvgIpc) is 2.77. The van der Waals surface area contributed by atoms with Crippen molar-refractivity contribution < 1.29 is 5.11 Å². The molecule has 2 heteroatoms. The normalized spacial score (nSPS) is 24.8. The lowest BCUT2D eigenvalue weighted by atomic mass is 9.95. The lowest BCUT2D eigenvalue weighted by molar-refractivity contribution is 0.0217. The first-order chi connectivity index (χ1) is 8.12. The van der Waals surface area contributed by atoms with Crippen LogP contribution < -0.4 is 0 Å². The minimum atomic E-state index is -0.732. The van der Waals surface area contributed by atoms with E-state index in [0.29, 0.717) is 0 Å². The number of benzene rings is 1. The molecule has 2 nitrogen and oxygen atoms in total. The Morgan fingerprint density at radius 1 is 1.35 bits per heavy atom. The van der Waals surface area contributed by atoms with Crippen LogP contribution in [0.15, 0.2) is 30.3 Å². The van der Waals surface area contributed by atoms with Crippen molar-refractivity contribution in [2.24, 2.45) is 5.92 Å². The van der Waals surface area contributed by atoms with E-state index < -0.39 is 5.60 Å². The number of β-amino-alcohol motifs (C(OH)–C–C–N with tert-alkyl or cyclic N) is 1. The molecular formula is C15H23NO. The Kier molecular flexibility index (Phi) is 3.85. The molecule has 0 aliphatic carbocycles. The van der Waals surface area contributed by atoms with Crippen LogP contribution in [0.4, 0.5) is 0 Å². The van der Waals surface area contributed by atoms with E-state index in [-0.39, 0.29) is 0 Å². The van der Waals surface area contributed by atoms with Crippen LogP contribution in [0, 0.1) is 5.92 Å². The molecule has 1 aliphatic rings. The summed E-state index contributed by atoms with van der Waals surface area (Å²) < 4.78 is 0. The molecule has 17 heavy (non-hydrogen) atoms. The van der Waals surface area contributed by atoms with Crippen molar-refractivity contribution in [2.75, 3.05) is 19.6 Å². The Morgan fingerprint density at radius 3 is 2.65 bits per heavy atom. The van der Waals surface area contributed by atoms with Crippen molar-refractivity contribution in [3.63, 3.8) is 0 Å². The molecule has 0 bridgehead atoms. The molecule has 2 atom stereocenters. The Hall–Kier alpha value is -0.860. The van der Waals surface area contributed by atoms with Gasteiger partial charge in [-0.25, -0.2) is 0 Å². The summed E-state index contributed by atoms with van der Waals surface area (Å²) in [4.78, 5) is 2.39. The van der Waals surface area contributed by atoms with Crippen LogP contribution in [0.5, 0.6) is 0 Å². The largest absolute Gasteiger partial charge is 0.384 e. The summed E-state index contributed by atoms with van der Waals surface area (Å²) >= 11 is 0. The zero-order valence-corrected chi connectivity index (χ0v) is 10.9. The number of likely N-dealkylation sites (tertiary alicyclic amines) is 1. The highest BCUT2D eigenvalue weighted by molar-refractivity contribution is 5.21. The fourth-order valence-corrected chi connectivity index (χ4v) is 2.71. The lowest BCUT2D eigenvalue weighted by Gasteiger charge is -2.29. The molecular weight excluding hydrogens is 210 g/mol. The van der Waals surface area contributed by atoms with Gasteiger partial charge in [0, 0.05) is 13.1 Å². The van der Waals surface area contributed by atoms with Crippen molar-refractivity contribution in [1.82, 2.24) is 4.90 Å².